The van der Waals surface area contributed by atoms with Crippen molar-refractivity contribution in [2.24, 2.45) is 0 Å². The Labute approximate surface area is 169 Å². The third-order valence-corrected chi connectivity index (χ3v) is 7.82. The van der Waals surface area contributed by atoms with Gasteiger partial charge in [0.2, 0.25) is 0 Å². The molecule has 0 radical (unpaired) electrons. The zero-order valence-electron chi connectivity index (χ0n) is 14.0. The molecule has 0 aliphatic heterocycles. The minimum atomic E-state index is -4.21. The summed E-state index contributed by atoms with van der Waals surface area (Å²) in [6.07, 6.45) is 0. The Kier molecular flexibility index (Phi) is 3.65. The molecule has 0 saturated heterocycles. The van der Waals surface area contributed by atoms with Crippen LogP contribution in [-0.4, -0.2) is 16.8 Å². The number of benzene rings is 5. The minimum absolute atomic E-state index is 0.0199. The van der Waals surface area contributed by atoms with Gasteiger partial charge in [-0.2, -0.15) is 0 Å². The monoisotopic (exact) mass is 448 g/mol. The number of hydrogen-bond acceptors (Lipinski definition) is 4. The van der Waals surface area contributed by atoms with Gasteiger partial charge < -0.3 is 0 Å². The largest absolute Gasteiger partial charge is 0.261 e. The second kappa shape index (κ2) is 5.70. The average molecular weight is 449 g/mol. The second-order valence-corrected chi connectivity index (χ2v) is 11.6. The van der Waals surface area contributed by atoms with Crippen LogP contribution in [0.5, 0.6) is 0 Å². The van der Waals surface area contributed by atoms with Gasteiger partial charge in [0.1, 0.15) is 0 Å². The van der Waals surface area contributed by atoms with Crippen LogP contribution in [0.25, 0.3) is 43.1 Å². The highest BCUT2D eigenvalue weighted by atomic mass is 35.7. The smallest absolute Gasteiger partial charge is 0.207 e. The minimum Gasteiger partial charge on any atom is -0.207 e. The molecular weight excluding hydrogens is 439 g/mol. The SMILES string of the molecule is O=S(=O)(Cl)c1ccc2c3cccc4cccc(c5ccc(S(=O)(=O)Cl)c1c25)c43. The molecule has 0 atom stereocenters. The lowest BCUT2D eigenvalue weighted by Gasteiger charge is -2.17. The van der Waals surface area contributed by atoms with E-state index in [9.17, 15) is 16.8 Å². The third kappa shape index (κ3) is 2.42. The summed E-state index contributed by atoms with van der Waals surface area (Å²) in [7, 11) is 2.86. The van der Waals surface area contributed by atoms with Crippen molar-refractivity contribution in [3.63, 3.8) is 0 Å². The summed E-state index contributed by atoms with van der Waals surface area (Å²) in [5.41, 5.74) is 0. The molecule has 5 aromatic carbocycles. The van der Waals surface area contributed by atoms with Crippen molar-refractivity contribution in [2.45, 2.75) is 9.79 Å². The Morgan fingerprint density at radius 1 is 0.500 bits per heavy atom. The van der Waals surface area contributed by atoms with Gasteiger partial charge >= 0.3 is 0 Å². The predicted molar refractivity (Wildman–Crippen MR) is 114 cm³/mol. The molecule has 0 spiro atoms. The van der Waals surface area contributed by atoms with Crippen LogP contribution in [0.4, 0.5) is 0 Å². The summed E-state index contributed by atoms with van der Waals surface area (Å²) in [6, 6.07) is 17.7. The molecule has 0 aromatic heterocycles. The van der Waals surface area contributed by atoms with Crippen molar-refractivity contribution < 1.29 is 16.8 Å². The molecule has 0 unspecified atom stereocenters. The van der Waals surface area contributed by atoms with E-state index in [4.69, 9.17) is 21.4 Å². The zero-order valence-corrected chi connectivity index (χ0v) is 17.1. The van der Waals surface area contributed by atoms with Crippen LogP contribution < -0.4 is 0 Å². The van der Waals surface area contributed by atoms with Crippen LogP contribution >= 0.6 is 21.4 Å². The molecule has 0 aliphatic carbocycles. The van der Waals surface area contributed by atoms with Crippen molar-refractivity contribution in [1.82, 2.24) is 0 Å². The molecule has 0 saturated carbocycles. The van der Waals surface area contributed by atoms with E-state index in [1.165, 1.54) is 12.1 Å². The molecule has 4 nitrogen and oxygen atoms in total. The van der Waals surface area contributed by atoms with Crippen molar-refractivity contribution in [3.8, 4) is 0 Å². The van der Waals surface area contributed by atoms with E-state index in [0.29, 0.717) is 5.39 Å². The fourth-order valence-electron chi connectivity index (χ4n) is 4.08. The summed E-state index contributed by atoms with van der Waals surface area (Å²) in [5.74, 6) is 0. The van der Waals surface area contributed by atoms with E-state index in [0.717, 1.165) is 32.3 Å². The molecule has 0 amide bonds. The Hall–Kier alpha value is -2.12. The van der Waals surface area contributed by atoms with Crippen LogP contribution in [0.2, 0.25) is 0 Å². The van der Waals surface area contributed by atoms with Gasteiger partial charge in [-0.1, -0.05) is 48.5 Å². The molecule has 5 aromatic rings. The molecule has 0 bridgehead atoms. The van der Waals surface area contributed by atoms with Gasteiger partial charge in [-0.15, -0.1) is 0 Å². The number of fused-ring (bicyclic) bond motifs is 2. The fraction of sp³-hybridized carbons (Fsp3) is 0. The van der Waals surface area contributed by atoms with Crippen molar-refractivity contribution in [1.29, 1.82) is 0 Å². The summed E-state index contributed by atoms with van der Waals surface area (Å²) in [5, 5.41) is 5.86. The summed E-state index contributed by atoms with van der Waals surface area (Å²) < 4.78 is 48.9. The van der Waals surface area contributed by atoms with E-state index in [-0.39, 0.29) is 15.2 Å². The first-order valence-corrected chi connectivity index (χ1v) is 12.8. The van der Waals surface area contributed by atoms with Crippen LogP contribution in [0, 0.1) is 0 Å². The van der Waals surface area contributed by atoms with Crippen LogP contribution in [0.3, 0.4) is 0 Å². The van der Waals surface area contributed by atoms with Crippen molar-refractivity contribution >= 4 is 82.6 Å². The lowest BCUT2D eigenvalue weighted by molar-refractivity contribution is 0.610. The standard InChI is InChI=1S/C20H10Cl2O4S2/c21-27(23,24)16-9-7-14-12-5-1-3-11-4-2-6-13(18(11)12)15-8-10-17(28(22,25)26)20(16)19(14)15/h1-10H. The molecule has 0 N–H and O–H groups in total. The maximum absolute atomic E-state index is 12.2. The summed E-state index contributed by atoms with van der Waals surface area (Å²) in [6.45, 7) is 0. The number of hydrogen-bond donors (Lipinski definition) is 0. The Balaban J connectivity index is 2.24. The lowest BCUT2D eigenvalue weighted by atomic mass is 9.90. The molecule has 140 valence electrons. The number of rotatable bonds is 2. The fourth-order valence-corrected chi connectivity index (χ4v) is 6.29. The first kappa shape index (κ1) is 17.9. The highest BCUT2D eigenvalue weighted by molar-refractivity contribution is 8.14. The quantitative estimate of drug-likeness (QED) is 0.200. The molecule has 0 heterocycles. The van der Waals surface area contributed by atoms with Gasteiger partial charge in [-0.3, -0.25) is 0 Å². The lowest BCUT2D eigenvalue weighted by Crippen LogP contribution is -2.00. The van der Waals surface area contributed by atoms with Crippen LogP contribution in [0.15, 0.2) is 70.5 Å². The average Bonchev–Trinajstić information content (AvgIpc) is 2.63. The van der Waals surface area contributed by atoms with Crippen molar-refractivity contribution in [2.75, 3.05) is 0 Å². The zero-order chi connectivity index (χ0) is 19.8. The van der Waals surface area contributed by atoms with Crippen LogP contribution in [-0.2, 0) is 18.1 Å². The summed E-state index contributed by atoms with van der Waals surface area (Å²) >= 11 is 0. The molecule has 8 heteroatoms. The van der Waals surface area contributed by atoms with Gasteiger partial charge in [0, 0.05) is 32.1 Å². The predicted octanol–water partition coefficient (Wildman–Crippen LogP) is 5.59. The Bertz CT molecular complexity index is 1540. The maximum atomic E-state index is 12.2. The van der Waals surface area contributed by atoms with Gasteiger partial charge in [-0.25, -0.2) is 16.8 Å². The van der Waals surface area contributed by atoms with Crippen LogP contribution in [0.1, 0.15) is 0 Å². The first-order valence-electron chi connectivity index (χ1n) is 8.19. The van der Waals surface area contributed by atoms with Gasteiger partial charge in [-0.05, 0) is 44.5 Å². The van der Waals surface area contributed by atoms with Gasteiger partial charge in [0.25, 0.3) is 18.1 Å². The van der Waals surface area contributed by atoms with Crippen molar-refractivity contribution in [3.05, 3.63) is 60.7 Å². The Morgan fingerprint density at radius 3 is 1.36 bits per heavy atom. The summed E-state index contributed by atoms with van der Waals surface area (Å²) in [4.78, 5) is -0.555. The Morgan fingerprint density at radius 2 is 0.929 bits per heavy atom. The van der Waals surface area contributed by atoms with Gasteiger partial charge in [0.05, 0.1) is 9.79 Å². The molecular formula is C20H10Cl2O4S2. The normalized spacial score (nSPS) is 13.2. The van der Waals surface area contributed by atoms with E-state index in [2.05, 4.69) is 0 Å². The van der Waals surface area contributed by atoms with E-state index in [1.807, 2.05) is 36.4 Å². The third-order valence-electron chi connectivity index (χ3n) is 5.09. The highest BCUT2D eigenvalue weighted by Gasteiger charge is 2.26. The molecule has 0 aliphatic rings. The van der Waals surface area contributed by atoms with E-state index >= 15 is 0 Å². The topological polar surface area (TPSA) is 68.3 Å². The second-order valence-electron chi connectivity index (χ2n) is 6.56. The first-order chi connectivity index (χ1) is 13.2. The molecule has 28 heavy (non-hydrogen) atoms. The highest BCUT2D eigenvalue weighted by Crippen LogP contribution is 2.44. The molecule has 5 rings (SSSR count). The van der Waals surface area contributed by atoms with E-state index < -0.39 is 18.1 Å². The van der Waals surface area contributed by atoms with E-state index in [1.54, 1.807) is 12.1 Å². The number of halogens is 2. The maximum Gasteiger partial charge on any atom is 0.261 e. The van der Waals surface area contributed by atoms with Gasteiger partial charge in [0.15, 0.2) is 0 Å². The molecule has 0 fully saturated rings.